The summed E-state index contributed by atoms with van der Waals surface area (Å²) in [5.41, 5.74) is 0.145. The van der Waals surface area contributed by atoms with Crippen molar-refractivity contribution in [3.05, 3.63) is 21.8 Å². The molecule has 0 saturated carbocycles. The van der Waals surface area contributed by atoms with Crippen LogP contribution in [-0.4, -0.2) is 50.2 Å². The molecule has 3 heterocycles. The first-order valence-corrected chi connectivity index (χ1v) is 7.40. The standard InChI is InChI=1S/C12H14N6O2S/c1-7-13-6-8(21-7)11(19)14-10-9(15-17-16-10)12(20)18-4-2-3-5-18/h6H,2-5H2,1H3,(H2,14,15,16,17,19). The van der Waals surface area contributed by atoms with E-state index in [0.717, 1.165) is 17.8 Å². The van der Waals surface area contributed by atoms with Crippen LogP contribution in [-0.2, 0) is 0 Å². The maximum absolute atomic E-state index is 12.3. The van der Waals surface area contributed by atoms with Gasteiger partial charge in [0, 0.05) is 13.1 Å². The Morgan fingerprint density at radius 1 is 1.33 bits per heavy atom. The van der Waals surface area contributed by atoms with E-state index in [2.05, 4.69) is 25.7 Å². The van der Waals surface area contributed by atoms with Gasteiger partial charge in [0.25, 0.3) is 11.8 Å². The molecule has 0 spiro atoms. The number of nitrogens with zero attached hydrogens (tertiary/aromatic N) is 4. The Bertz CT molecular complexity index is 673. The Labute approximate surface area is 124 Å². The number of aromatic nitrogens is 4. The first-order chi connectivity index (χ1) is 10.1. The van der Waals surface area contributed by atoms with Crippen LogP contribution in [0.4, 0.5) is 5.82 Å². The van der Waals surface area contributed by atoms with Crippen molar-refractivity contribution in [3.8, 4) is 0 Å². The van der Waals surface area contributed by atoms with Crippen LogP contribution in [0.15, 0.2) is 6.20 Å². The molecule has 9 heteroatoms. The van der Waals surface area contributed by atoms with E-state index in [9.17, 15) is 9.59 Å². The number of aromatic amines is 1. The second-order valence-electron chi connectivity index (χ2n) is 4.72. The SMILES string of the molecule is Cc1ncc(C(=O)Nc2n[nH]nc2C(=O)N2CCCC2)s1. The predicted molar refractivity (Wildman–Crippen MR) is 76.3 cm³/mol. The van der Waals surface area contributed by atoms with E-state index in [1.165, 1.54) is 17.5 Å². The van der Waals surface area contributed by atoms with Gasteiger partial charge in [-0.05, 0) is 19.8 Å². The van der Waals surface area contributed by atoms with Gasteiger partial charge in [-0.15, -0.1) is 21.5 Å². The van der Waals surface area contributed by atoms with Crippen LogP contribution in [0.5, 0.6) is 0 Å². The van der Waals surface area contributed by atoms with Crippen molar-refractivity contribution in [1.82, 2.24) is 25.3 Å². The zero-order valence-electron chi connectivity index (χ0n) is 11.4. The van der Waals surface area contributed by atoms with Crippen LogP contribution in [0, 0.1) is 6.92 Å². The molecule has 1 aliphatic rings. The van der Waals surface area contributed by atoms with Crippen LogP contribution >= 0.6 is 11.3 Å². The summed E-state index contributed by atoms with van der Waals surface area (Å²) in [4.78, 5) is 30.6. The molecule has 0 aliphatic carbocycles. The minimum absolute atomic E-state index is 0.145. The third-order valence-corrected chi connectivity index (χ3v) is 4.13. The Morgan fingerprint density at radius 2 is 2.10 bits per heavy atom. The lowest BCUT2D eigenvalue weighted by Crippen LogP contribution is -2.29. The fraction of sp³-hybridized carbons (Fsp3) is 0.417. The van der Waals surface area contributed by atoms with Crippen LogP contribution < -0.4 is 5.32 Å². The highest BCUT2D eigenvalue weighted by molar-refractivity contribution is 7.13. The summed E-state index contributed by atoms with van der Waals surface area (Å²) < 4.78 is 0. The number of H-pyrrole nitrogens is 1. The van der Waals surface area contributed by atoms with E-state index in [1.807, 2.05) is 6.92 Å². The summed E-state index contributed by atoms with van der Waals surface area (Å²) >= 11 is 1.28. The van der Waals surface area contributed by atoms with Gasteiger partial charge in [0.1, 0.15) is 4.88 Å². The van der Waals surface area contributed by atoms with Gasteiger partial charge in [0.05, 0.1) is 11.2 Å². The van der Waals surface area contributed by atoms with Gasteiger partial charge in [-0.1, -0.05) is 0 Å². The maximum Gasteiger partial charge on any atom is 0.278 e. The van der Waals surface area contributed by atoms with Gasteiger partial charge in [-0.2, -0.15) is 5.21 Å². The molecule has 0 aromatic carbocycles. The molecule has 1 aliphatic heterocycles. The molecule has 3 rings (SSSR count). The number of carbonyl (C=O) groups is 2. The fourth-order valence-electron chi connectivity index (χ4n) is 2.17. The second-order valence-corrected chi connectivity index (χ2v) is 5.95. The number of aryl methyl sites for hydroxylation is 1. The molecular formula is C12H14N6O2S. The zero-order chi connectivity index (χ0) is 14.8. The topological polar surface area (TPSA) is 104 Å². The van der Waals surface area contributed by atoms with Crippen LogP contribution in [0.3, 0.4) is 0 Å². The molecule has 0 bridgehead atoms. The minimum atomic E-state index is -0.343. The lowest BCUT2D eigenvalue weighted by molar-refractivity contribution is 0.0788. The van der Waals surface area contributed by atoms with E-state index < -0.39 is 0 Å². The number of rotatable bonds is 3. The average Bonchev–Trinajstić information content (AvgIpc) is 3.18. The summed E-state index contributed by atoms with van der Waals surface area (Å²) in [6, 6.07) is 0. The van der Waals surface area contributed by atoms with Gasteiger partial charge < -0.3 is 10.2 Å². The largest absolute Gasteiger partial charge is 0.337 e. The normalized spacial score (nSPS) is 14.4. The Morgan fingerprint density at radius 3 is 2.76 bits per heavy atom. The van der Waals surface area contributed by atoms with Crippen LogP contribution in [0.2, 0.25) is 0 Å². The van der Waals surface area contributed by atoms with Crippen molar-refractivity contribution >= 4 is 29.0 Å². The van der Waals surface area contributed by atoms with E-state index in [0.29, 0.717) is 18.0 Å². The number of amides is 2. The summed E-state index contributed by atoms with van der Waals surface area (Å²) in [6.45, 7) is 3.25. The molecule has 2 aromatic heterocycles. The molecular weight excluding hydrogens is 292 g/mol. The molecule has 0 atom stereocenters. The van der Waals surface area contributed by atoms with Gasteiger partial charge in [0.2, 0.25) is 0 Å². The molecule has 0 radical (unpaired) electrons. The zero-order valence-corrected chi connectivity index (χ0v) is 12.2. The molecule has 1 fully saturated rings. The molecule has 2 amide bonds. The summed E-state index contributed by atoms with van der Waals surface area (Å²) in [5.74, 6) is -0.398. The van der Waals surface area contributed by atoms with E-state index in [1.54, 1.807) is 4.90 Å². The van der Waals surface area contributed by atoms with Crippen molar-refractivity contribution < 1.29 is 9.59 Å². The Balaban J connectivity index is 1.76. The first kappa shape index (κ1) is 13.7. The van der Waals surface area contributed by atoms with E-state index >= 15 is 0 Å². The summed E-state index contributed by atoms with van der Waals surface area (Å²) in [5, 5.41) is 13.5. The average molecular weight is 306 g/mol. The molecule has 8 nitrogen and oxygen atoms in total. The number of anilines is 1. The smallest absolute Gasteiger partial charge is 0.278 e. The fourth-order valence-corrected chi connectivity index (χ4v) is 2.85. The van der Waals surface area contributed by atoms with Crippen molar-refractivity contribution in [2.45, 2.75) is 19.8 Å². The predicted octanol–water partition coefficient (Wildman–Crippen LogP) is 1.06. The highest BCUT2D eigenvalue weighted by Gasteiger charge is 2.26. The number of carbonyl (C=O) groups excluding carboxylic acids is 2. The monoisotopic (exact) mass is 306 g/mol. The van der Waals surface area contributed by atoms with Crippen molar-refractivity contribution in [2.75, 3.05) is 18.4 Å². The van der Waals surface area contributed by atoms with E-state index in [4.69, 9.17) is 0 Å². The van der Waals surface area contributed by atoms with Crippen molar-refractivity contribution in [3.63, 3.8) is 0 Å². The summed E-state index contributed by atoms with van der Waals surface area (Å²) in [7, 11) is 0. The number of nitrogens with one attached hydrogen (secondary N) is 2. The molecule has 0 unspecified atom stereocenters. The Hall–Kier alpha value is -2.29. The molecule has 110 valence electrons. The molecule has 21 heavy (non-hydrogen) atoms. The van der Waals surface area contributed by atoms with Crippen LogP contribution in [0.1, 0.15) is 38.0 Å². The third-order valence-electron chi connectivity index (χ3n) is 3.22. The number of likely N-dealkylation sites (tertiary alicyclic amines) is 1. The van der Waals surface area contributed by atoms with Crippen molar-refractivity contribution in [2.24, 2.45) is 0 Å². The van der Waals surface area contributed by atoms with Gasteiger partial charge in [-0.25, -0.2) is 4.98 Å². The number of thiazole rings is 1. The summed E-state index contributed by atoms with van der Waals surface area (Å²) in [6.07, 6.45) is 3.48. The van der Waals surface area contributed by atoms with Crippen LogP contribution in [0.25, 0.3) is 0 Å². The highest BCUT2D eigenvalue weighted by atomic mass is 32.1. The first-order valence-electron chi connectivity index (χ1n) is 6.59. The molecule has 2 N–H and O–H groups in total. The van der Waals surface area contributed by atoms with Crippen molar-refractivity contribution in [1.29, 1.82) is 0 Å². The Kier molecular flexibility index (Phi) is 3.65. The number of hydrogen-bond donors (Lipinski definition) is 2. The quantitative estimate of drug-likeness (QED) is 0.882. The van der Waals surface area contributed by atoms with E-state index in [-0.39, 0.29) is 23.3 Å². The molecule has 2 aromatic rings. The minimum Gasteiger partial charge on any atom is -0.337 e. The van der Waals surface area contributed by atoms with Gasteiger partial charge in [-0.3, -0.25) is 9.59 Å². The van der Waals surface area contributed by atoms with Gasteiger partial charge in [0.15, 0.2) is 11.5 Å². The second kappa shape index (κ2) is 5.60. The maximum atomic E-state index is 12.3. The molecule has 1 saturated heterocycles. The third kappa shape index (κ3) is 2.77. The lowest BCUT2D eigenvalue weighted by atomic mass is 10.3. The highest BCUT2D eigenvalue weighted by Crippen LogP contribution is 2.18. The van der Waals surface area contributed by atoms with Gasteiger partial charge >= 0.3 is 0 Å². The lowest BCUT2D eigenvalue weighted by Gasteiger charge is -2.13. The number of hydrogen-bond acceptors (Lipinski definition) is 6.